The van der Waals surface area contributed by atoms with Gasteiger partial charge in [0.25, 0.3) is 0 Å². The van der Waals surface area contributed by atoms with E-state index in [0.29, 0.717) is 12.5 Å². The van der Waals surface area contributed by atoms with E-state index in [4.69, 9.17) is 9.84 Å². The Morgan fingerprint density at radius 2 is 2.40 bits per heavy atom. The van der Waals surface area contributed by atoms with Gasteiger partial charge in [0, 0.05) is 25.8 Å². The molecular formula is C11H19NO3. The number of aliphatic carboxylic acids is 1. The number of piperidine rings is 1. The molecule has 1 fully saturated rings. The number of rotatable bonds is 5. The van der Waals surface area contributed by atoms with E-state index in [-0.39, 0.29) is 5.57 Å². The Kier molecular flexibility index (Phi) is 4.78. The molecule has 86 valence electrons. The molecule has 1 N–H and O–H groups in total. The molecule has 0 aromatic heterocycles. The van der Waals surface area contributed by atoms with Crippen molar-refractivity contribution in [3.63, 3.8) is 0 Å². The maximum absolute atomic E-state index is 10.6. The molecule has 4 nitrogen and oxygen atoms in total. The summed E-state index contributed by atoms with van der Waals surface area (Å²) in [5.74, 6) is -0.366. The van der Waals surface area contributed by atoms with Crippen LogP contribution in [0.5, 0.6) is 0 Å². The second kappa shape index (κ2) is 5.88. The zero-order valence-electron chi connectivity index (χ0n) is 9.24. The average molecular weight is 213 g/mol. The molecule has 1 aliphatic heterocycles. The van der Waals surface area contributed by atoms with Gasteiger partial charge >= 0.3 is 5.97 Å². The first kappa shape index (κ1) is 12.2. The Labute approximate surface area is 90.5 Å². The fraction of sp³-hybridized carbons (Fsp3) is 0.727. The summed E-state index contributed by atoms with van der Waals surface area (Å²) in [6.07, 6.45) is 2.28. The van der Waals surface area contributed by atoms with Gasteiger partial charge in [0.1, 0.15) is 0 Å². The number of ether oxygens (including phenoxy) is 1. The fourth-order valence-corrected chi connectivity index (χ4v) is 2.00. The molecule has 0 spiro atoms. The summed E-state index contributed by atoms with van der Waals surface area (Å²) in [6, 6.07) is 0. The lowest BCUT2D eigenvalue weighted by Crippen LogP contribution is -2.38. The van der Waals surface area contributed by atoms with Crippen molar-refractivity contribution in [3.8, 4) is 0 Å². The normalized spacial score (nSPS) is 22.6. The number of carboxylic acid groups (broad SMARTS) is 1. The van der Waals surface area contributed by atoms with Gasteiger partial charge in [-0.15, -0.1) is 0 Å². The third-order valence-corrected chi connectivity index (χ3v) is 2.72. The van der Waals surface area contributed by atoms with Crippen LogP contribution in [-0.4, -0.2) is 49.3 Å². The fourth-order valence-electron chi connectivity index (χ4n) is 2.00. The Morgan fingerprint density at radius 1 is 1.67 bits per heavy atom. The minimum Gasteiger partial charge on any atom is -0.478 e. The summed E-state index contributed by atoms with van der Waals surface area (Å²) in [7, 11) is 1.70. The van der Waals surface area contributed by atoms with E-state index in [1.54, 1.807) is 7.11 Å². The molecule has 4 heteroatoms. The van der Waals surface area contributed by atoms with Gasteiger partial charge in [0.2, 0.25) is 0 Å². The predicted molar refractivity (Wildman–Crippen MR) is 57.8 cm³/mol. The maximum Gasteiger partial charge on any atom is 0.332 e. The van der Waals surface area contributed by atoms with E-state index in [1.165, 1.54) is 6.42 Å². The van der Waals surface area contributed by atoms with Crippen LogP contribution in [0.15, 0.2) is 12.2 Å². The highest BCUT2D eigenvalue weighted by molar-refractivity contribution is 5.86. The molecule has 1 saturated heterocycles. The number of methoxy groups -OCH3 is 1. The van der Waals surface area contributed by atoms with Crippen LogP contribution in [0.1, 0.15) is 12.8 Å². The summed E-state index contributed by atoms with van der Waals surface area (Å²) in [5, 5.41) is 8.73. The molecule has 1 rings (SSSR count). The number of nitrogens with zero attached hydrogens (tertiary/aromatic N) is 1. The average Bonchev–Trinajstić information content (AvgIpc) is 2.18. The van der Waals surface area contributed by atoms with Crippen LogP contribution < -0.4 is 0 Å². The third kappa shape index (κ3) is 4.01. The van der Waals surface area contributed by atoms with Gasteiger partial charge in [-0.3, -0.25) is 4.90 Å². The van der Waals surface area contributed by atoms with Gasteiger partial charge in [-0.25, -0.2) is 4.79 Å². The van der Waals surface area contributed by atoms with Crippen molar-refractivity contribution in [1.29, 1.82) is 0 Å². The molecule has 1 heterocycles. The van der Waals surface area contributed by atoms with Gasteiger partial charge in [0.05, 0.1) is 6.61 Å². The van der Waals surface area contributed by atoms with E-state index in [1.807, 2.05) is 0 Å². The third-order valence-electron chi connectivity index (χ3n) is 2.72. The second-order valence-corrected chi connectivity index (χ2v) is 4.11. The molecule has 0 radical (unpaired) electrons. The van der Waals surface area contributed by atoms with Crippen LogP contribution in [0.4, 0.5) is 0 Å². The van der Waals surface area contributed by atoms with Crippen LogP contribution >= 0.6 is 0 Å². The molecule has 0 saturated carbocycles. The minimum atomic E-state index is -0.899. The lowest BCUT2D eigenvalue weighted by molar-refractivity contribution is -0.132. The van der Waals surface area contributed by atoms with Crippen LogP contribution in [0.3, 0.4) is 0 Å². The summed E-state index contributed by atoms with van der Waals surface area (Å²) in [4.78, 5) is 12.8. The first-order chi connectivity index (χ1) is 7.13. The lowest BCUT2D eigenvalue weighted by atomic mass is 9.98. The predicted octanol–water partition coefficient (Wildman–Crippen LogP) is 0.986. The molecule has 0 aromatic rings. The van der Waals surface area contributed by atoms with Crippen molar-refractivity contribution in [2.24, 2.45) is 5.92 Å². The van der Waals surface area contributed by atoms with Crippen molar-refractivity contribution < 1.29 is 14.6 Å². The molecule has 1 aliphatic rings. The highest BCUT2D eigenvalue weighted by Crippen LogP contribution is 2.17. The highest BCUT2D eigenvalue weighted by Gasteiger charge is 2.21. The number of hydrogen-bond donors (Lipinski definition) is 1. The Balaban J connectivity index is 2.36. The first-order valence-corrected chi connectivity index (χ1v) is 5.26. The molecule has 0 bridgehead atoms. The molecule has 0 amide bonds. The van der Waals surface area contributed by atoms with Crippen molar-refractivity contribution in [2.45, 2.75) is 12.8 Å². The second-order valence-electron chi connectivity index (χ2n) is 4.11. The minimum absolute atomic E-state index is 0.271. The Morgan fingerprint density at radius 3 is 3.00 bits per heavy atom. The van der Waals surface area contributed by atoms with Gasteiger partial charge in [-0.1, -0.05) is 6.58 Å². The van der Waals surface area contributed by atoms with Crippen LogP contribution in [0.2, 0.25) is 0 Å². The first-order valence-electron chi connectivity index (χ1n) is 5.26. The molecule has 1 atom stereocenters. The van der Waals surface area contributed by atoms with E-state index in [2.05, 4.69) is 11.5 Å². The van der Waals surface area contributed by atoms with Gasteiger partial charge in [-0.2, -0.15) is 0 Å². The summed E-state index contributed by atoms with van der Waals surface area (Å²) in [6.45, 7) is 6.66. The van der Waals surface area contributed by atoms with E-state index < -0.39 is 5.97 Å². The van der Waals surface area contributed by atoms with Gasteiger partial charge in [0.15, 0.2) is 0 Å². The summed E-state index contributed by atoms with van der Waals surface area (Å²) < 4.78 is 5.12. The van der Waals surface area contributed by atoms with Crippen molar-refractivity contribution in [3.05, 3.63) is 12.2 Å². The van der Waals surface area contributed by atoms with E-state index in [9.17, 15) is 4.79 Å². The molecule has 0 aliphatic carbocycles. The molecular weight excluding hydrogens is 194 g/mol. The SMILES string of the molecule is C=C(CN1CCCC(COC)C1)C(=O)O. The Bertz CT molecular complexity index is 238. The van der Waals surface area contributed by atoms with Crippen LogP contribution in [0.25, 0.3) is 0 Å². The molecule has 1 unspecified atom stereocenters. The van der Waals surface area contributed by atoms with Gasteiger partial charge in [-0.05, 0) is 25.3 Å². The number of likely N-dealkylation sites (tertiary alicyclic amines) is 1. The lowest BCUT2D eigenvalue weighted by Gasteiger charge is -2.32. The zero-order valence-corrected chi connectivity index (χ0v) is 9.24. The van der Waals surface area contributed by atoms with Crippen molar-refractivity contribution in [1.82, 2.24) is 4.90 Å². The largest absolute Gasteiger partial charge is 0.478 e. The monoisotopic (exact) mass is 213 g/mol. The van der Waals surface area contributed by atoms with Crippen LogP contribution in [0, 0.1) is 5.92 Å². The quantitative estimate of drug-likeness (QED) is 0.692. The Hall–Kier alpha value is -0.870. The van der Waals surface area contributed by atoms with E-state index >= 15 is 0 Å². The summed E-state index contributed by atoms with van der Waals surface area (Å²) in [5.41, 5.74) is 0.271. The van der Waals surface area contributed by atoms with E-state index in [0.717, 1.165) is 26.1 Å². The topological polar surface area (TPSA) is 49.8 Å². The van der Waals surface area contributed by atoms with Gasteiger partial charge < -0.3 is 9.84 Å². The number of carbonyl (C=O) groups is 1. The number of hydrogen-bond acceptors (Lipinski definition) is 3. The van der Waals surface area contributed by atoms with Crippen molar-refractivity contribution >= 4 is 5.97 Å². The van der Waals surface area contributed by atoms with Crippen molar-refractivity contribution in [2.75, 3.05) is 33.4 Å². The standard InChI is InChI=1S/C11H19NO3/c1-9(11(13)14)6-12-5-3-4-10(7-12)8-15-2/h10H,1,3-8H2,2H3,(H,13,14). The zero-order chi connectivity index (χ0) is 11.3. The maximum atomic E-state index is 10.6. The number of carboxylic acids is 1. The molecule has 15 heavy (non-hydrogen) atoms. The molecule has 0 aromatic carbocycles. The summed E-state index contributed by atoms with van der Waals surface area (Å²) >= 11 is 0. The van der Waals surface area contributed by atoms with Crippen LogP contribution in [-0.2, 0) is 9.53 Å². The highest BCUT2D eigenvalue weighted by atomic mass is 16.5. The smallest absolute Gasteiger partial charge is 0.332 e.